The van der Waals surface area contributed by atoms with Crippen molar-refractivity contribution in [3.63, 3.8) is 0 Å². The van der Waals surface area contributed by atoms with Crippen LogP contribution in [0, 0.1) is 0 Å². The number of hydrogen-bond donors (Lipinski definition) is 1. The fraction of sp³-hybridized carbons (Fsp3) is 0.778. The van der Waals surface area contributed by atoms with Crippen LogP contribution in [0.15, 0.2) is 12.7 Å². The molecule has 64 valence electrons. The predicted molar refractivity (Wildman–Crippen MR) is 46.5 cm³/mol. The van der Waals surface area contributed by atoms with Gasteiger partial charge in [0.05, 0.1) is 6.10 Å². The largest absolute Gasteiger partial charge is 0.392 e. The molecule has 0 amide bonds. The van der Waals surface area contributed by atoms with Crippen LogP contribution in [0.5, 0.6) is 0 Å². The maximum Gasteiger partial charge on any atom is 0.0679 e. The fourth-order valence-electron chi connectivity index (χ4n) is 1.47. The Morgan fingerprint density at radius 3 is 3.00 bits per heavy atom. The first kappa shape index (κ1) is 8.75. The molecule has 2 nitrogen and oxygen atoms in total. The first-order valence-electron chi connectivity index (χ1n) is 4.34. The van der Waals surface area contributed by atoms with Gasteiger partial charge < -0.3 is 10.0 Å². The zero-order valence-corrected chi connectivity index (χ0v) is 7.00. The molecule has 0 spiro atoms. The van der Waals surface area contributed by atoms with Gasteiger partial charge in [0.25, 0.3) is 0 Å². The van der Waals surface area contributed by atoms with E-state index < -0.39 is 0 Å². The minimum absolute atomic E-state index is 0.0706. The molecule has 0 bridgehead atoms. The van der Waals surface area contributed by atoms with Gasteiger partial charge in [-0.3, -0.25) is 0 Å². The zero-order chi connectivity index (χ0) is 8.10. The maximum absolute atomic E-state index is 9.19. The van der Waals surface area contributed by atoms with E-state index in [1.165, 1.54) is 6.42 Å². The lowest BCUT2D eigenvalue weighted by molar-refractivity contribution is 0.176. The van der Waals surface area contributed by atoms with Crippen molar-refractivity contribution in [2.45, 2.75) is 25.4 Å². The summed E-state index contributed by atoms with van der Waals surface area (Å²) in [7, 11) is 0. The van der Waals surface area contributed by atoms with Crippen molar-refractivity contribution in [3.8, 4) is 0 Å². The number of allylic oxidation sites excluding steroid dienone is 1. The molecule has 1 saturated heterocycles. The third kappa shape index (κ3) is 3.04. The van der Waals surface area contributed by atoms with E-state index >= 15 is 0 Å². The minimum Gasteiger partial charge on any atom is -0.392 e. The van der Waals surface area contributed by atoms with Crippen molar-refractivity contribution < 1.29 is 5.11 Å². The van der Waals surface area contributed by atoms with Crippen molar-refractivity contribution in [2.24, 2.45) is 0 Å². The van der Waals surface area contributed by atoms with Crippen LogP contribution in [0.4, 0.5) is 0 Å². The molecule has 0 aromatic carbocycles. The summed E-state index contributed by atoms with van der Waals surface area (Å²) in [5, 5.41) is 9.19. The van der Waals surface area contributed by atoms with Crippen LogP contribution in [-0.2, 0) is 0 Å². The average molecular weight is 155 g/mol. The quantitative estimate of drug-likeness (QED) is 0.484. The van der Waals surface area contributed by atoms with Crippen LogP contribution in [0.1, 0.15) is 19.3 Å². The van der Waals surface area contributed by atoms with E-state index in [4.69, 9.17) is 0 Å². The molecule has 11 heavy (non-hydrogen) atoms. The van der Waals surface area contributed by atoms with E-state index in [1.54, 1.807) is 0 Å². The molecule has 0 unspecified atom stereocenters. The Kier molecular flexibility index (Phi) is 3.60. The number of unbranched alkanes of at least 4 members (excludes halogenated alkanes) is 1. The van der Waals surface area contributed by atoms with Crippen molar-refractivity contribution >= 4 is 0 Å². The fourth-order valence-corrected chi connectivity index (χ4v) is 1.47. The van der Waals surface area contributed by atoms with E-state index in [-0.39, 0.29) is 6.10 Å². The van der Waals surface area contributed by atoms with Crippen LogP contribution in [0.2, 0.25) is 0 Å². The molecular weight excluding hydrogens is 138 g/mol. The van der Waals surface area contributed by atoms with E-state index in [9.17, 15) is 5.11 Å². The summed E-state index contributed by atoms with van der Waals surface area (Å²) in [5.74, 6) is 0. The van der Waals surface area contributed by atoms with Crippen LogP contribution < -0.4 is 0 Å². The smallest absolute Gasteiger partial charge is 0.0679 e. The van der Waals surface area contributed by atoms with Gasteiger partial charge in [-0.2, -0.15) is 0 Å². The van der Waals surface area contributed by atoms with E-state index in [1.807, 2.05) is 6.08 Å². The Morgan fingerprint density at radius 1 is 1.64 bits per heavy atom. The van der Waals surface area contributed by atoms with Gasteiger partial charge in [-0.15, -0.1) is 6.58 Å². The van der Waals surface area contributed by atoms with Crippen LogP contribution in [0.3, 0.4) is 0 Å². The number of likely N-dealkylation sites (tertiary alicyclic amines) is 1. The van der Waals surface area contributed by atoms with Gasteiger partial charge in [0.1, 0.15) is 0 Å². The second-order valence-electron chi connectivity index (χ2n) is 3.17. The van der Waals surface area contributed by atoms with Crippen molar-refractivity contribution in [1.29, 1.82) is 0 Å². The summed E-state index contributed by atoms with van der Waals surface area (Å²) in [5.41, 5.74) is 0. The summed E-state index contributed by atoms with van der Waals surface area (Å²) in [4.78, 5) is 2.31. The maximum atomic E-state index is 9.19. The molecule has 0 aromatic heterocycles. The highest BCUT2D eigenvalue weighted by Gasteiger charge is 2.18. The van der Waals surface area contributed by atoms with Crippen LogP contribution in [-0.4, -0.2) is 35.7 Å². The first-order chi connectivity index (χ1) is 5.33. The van der Waals surface area contributed by atoms with Crippen LogP contribution >= 0.6 is 0 Å². The lowest BCUT2D eigenvalue weighted by Crippen LogP contribution is -2.22. The first-order valence-corrected chi connectivity index (χ1v) is 4.34. The summed E-state index contributed by atoms with van der Waals surface area (Å²) in [6.45, 7) is 6.73. The van der Waals surface area contributed by atoms with Crippen LogP contribution in [0.25, 0.3) is 0 Å². The van der Waals surface area contributed by atoms with Crippen molar-refractivity contribution in [3.05, 3.63) is 12.7 Å². The van der Waals surface area contributed by atoms with Gasteiger partial charge in [0.2, 0.25) is 0 Å². The van der Waals surface area contributed by atoms with Gasteiger partial charge in [0, 0.05) is 13.1 Å². The summed E-state index contributed by atoms with van der Waals surface area (Å²) < 4.78 is 0. The Hall–Kier alpha value is -0.340. The monoisotopic (exact) mass is 155 g/mol. The van der Waals surface area contributed by atoms with Gasteiger partial charge in [-0.1, -0.05) is 6.08 Å². The molecule has 1 rings (SSSR count). The van der Waals surface area contributed by atoms with Gasteiger partial charge in [-0.25, -0.2) is 0 Å². The molecule has 0 aliphatic carbocycles. The number of β-amino-alcohol motifs (C(OH)–C–C–N with tert-alkyl or cyclic N) is 1. The van der Waals surface area contributed by atoms with Gasteiger partial charge >= 0.3 is 0 Å². The Morgan fingerprint density at radius 2 is 2.45 bits per heavy atom. The molecule has 0 saturated carbocycles. The zero-order valence-electron chi connectivity index (χ0n) is 7.00. The minimum atomic E-state index is -0.0706. The Balaban J connectivity index is 2.03. The van der Waals surface area contributed by atoms with Gasteiger partial charge in [-0.05, 0) is 25.8 Å². The average Bonchev–Trinajstić information content (AvgIpc) is 2.37. The van der Waals surface area contributed by atoms with E-state index in [0.717, 1.165) is 32.5 Å². The molecular formula is C9H17NO. The molecule has 0 aromatic rings. The molecule has 1 aliphatic rings. The third-order valence-corrected chi connectivity index (χ3v) is 2.13. The summed E-state index contributed by atoms with van der Waals surface area (Å²) >= 11 is 0. The lowest BCUT2D eigenvalue weighted by Gasteiger charge is -2.13. The number of aliphatic hydroxyl groups is 1. The molecule has 1 atom stereocenters. The normalized spacial score (nSPS) is 25.7. The Labute approximate surface area is 68.5 Å². The van der Waals surface area contributed by atoms with E-state index in [2.05, 4.69) is 11.5 Å². The van der Waals surface area contributed by atoms with Gasteiger partial charge in [0.15, 0.2) is 0 Å². The summed E-state index contributed by atoms with van der Waals surface area (Å²) in [6, 6.07) is 0. The molecule has 1 aliphatic heterocycles. The molecule has 1 fully saturated rings. The second kappa shape index (κ2) is 4.52. The Bertz CT molecular complexity index is 125. The van der Waals surface area contributed by atoms with Crippen molar-refractivity contribution in [2.75, 3.05) is 19.6 Å². The summed E-state index contributed by atoms with van der Waals surface area (Å²) in [6.07, 6.45) is 5.10. The predicted octanol–water partition coefficient (Wildman–Crippen LogP) is 1.02. The third-order valence-electron chi connectivity index (χ3n) is 2.13. The van der Waals surface area contributed by atoms with E-state index in [0.29, 0.717) is 0 Å². The highest BCUT2D eigenvalue weighted by atomic mass is 16.3. The number of hydrogen-bond acceptors (Lipinski definition) is 2. The molecule has 0 radical (unpaired) electrons. The number of rotatable bonds is 4. The second-order valence-corrected chi connectivity index (χ2v) is 3.17. The molecule has 1 N–H and O–H groups in total. The number of nitrogens with zero attached hydrogens (tertiary/aromatic N) is 1. The standard InChI is InChI=1S/C9H17NO/c1-2-3-4-6-10-7-5-9(11)8-10/h2,9,11H,1,3-8H2/t9-/m1/s1. The molecule has 2 heteroatoms. The number of aliphatic hydroxyl groups excluding tert-OH is 1. The highest BCUT2D eigenvalue weighted by molar-refractivity contribution is 4.75. The van der Waals surface area contributed by atoms with Crippen molar-refractivity contribution in [1.82, 2.24) is 4.90 Å². The topological polar surface area (TPSA) is 23.5 Å². The highest BCUT2D eigenvalue weighted by Crippen LogP contribution is 2.09. The SMILES string of the molecule is C=CCCCN1CC[C@@H](O)C1. The lowest BCUT2D eigenvalue weighted by atomic mass is 10.3. The molecule has 1 heterocycles.